The van der Waals surface area contributed by atoms with Crippen LogP contribution in [0.3, 0.4) is 0 Å². The van der Waals surface area contributed by atoms with Crippen LogP contribution in [0.5, 0.6) is 5.75 Å². The van der Waals surface area contributed by atoms with Crippen LogP contribution in [0.15, 0.2) is 24.3 Å². The average molecular weight is 328 g/mol. The molecule has 3 rings (SSSR count). The standard InChI is InChI=1S/C18H24N4O2/c1-4-24-16-7-5-15(6-8-16)11-19-18(23)21-9-10-22-14(3)13(2)20-17(22)12-21/h5-8H,4,9-12H2,1-3H3,(H,19,23). The Labute approximate surface area is 142 Å². The van der Waals surface area contributed by atoms with Gasteiger partial charge in [0.15, 0.2) is 0 Å². The maximum Gasteiger partial charge on any atom is 0.318 e. The summed E-state index contributed by atoms with van der Waals surface area (Å²) in [5, 5.41) is 2.98. The summed E-state index contributed by atoms with van der Waals surface area (Å²) in [6.45, 7) is 9.28. The second kappa shape index (κ2) is 6.95. The zero-order chi connectivity index (χ0) is 17.1. The summed E-state index contributed by atoms with van der Waals surface area (Å²) in [5.41, 5.74) is 3.29. The molecule has 0 spiro atoms. The summed E-state index contributed by atoms with van der Waals surface area (Å²) in [5.74, 6) is 1.81. The van der Waals surface area contributed by atoms with Crippen molar-refractivity contribution in [2.45, 2.75) is 40.4 Å². The zero-order valence-electron chi connectivity index (χ0n) is 14.5. The van der Waals surface area contributed by atoms with E-state index < -0.39 is 0 Å². The van der Waals surface area contributed by atoms with Gasteiger partial charge in [0, 0.05) is 25.3 Å². The number of imidazole rings is 1. The Morgan fingerprint density at radius 3 is 2.71 bits per heavy atom. The third kappa shape index (κ3) is 3.37. The van der Waals surface area contributed by atoms with Gasteiger partial charge in [0.1, 0.15) is 11.6 Å². The van der Waals surface area contributed by atoms with Crippen LogP contribution >= 0.6 is 0 Å². The second-order valence-corrected chi connectivity index (χ2v) is 6.01. The molecule has 0 saturated carbocycles. The fourth-order valence-electron chi connectivity index (χ4n) is 2.94. The van der Waals surface area contributed by atoms with E-state index in [0.29, 0.717) is 26.2 Å². The van der Waals surface area contributed by atoms with E-state index in [1.807, 2.05) is 43.0 Å². The van der Waals surface area contributed by atoms with E-state index >= 15 is 0 Å². The maximum absolute atomic E-state index is 12.4. The summed E-state index contributed by atoms with van der Waals surface area (Å²) in [4.78, 5) is 18.8. The molecule has 2 amide bonds. The first-order valence-electron chi connectivity index (χ1n) is 8.35. The van der Waals surface area contributed by atoms with Crippen LogP contribution in [0.2, 0.25) is 0 Å². The minimum Gasteiger partial charge on any atom is -0.494 e. The number of hydrogen-bond donors (Lipinski definition) is 1. The van der Waals surface area contributed by atoms with Crippen LogP contribution in [0.1, 0.15) is 29.7 Å². The molecule has 1 N–H and O–H groups in total. The molecule has 2 heterocycles. The number of benzene rings is 1. The number of ether oxygens (including phenoxy) is 1. The maximum atomic E-state index is 12.4. The monoisotopic (exact) mass is 328 g/mol. The number of urea groups is 1. The van der Waals surface area contributed by atoms with Gasteiger partial charge in [-0.05, 0) is 38.5 Å². The minimum absolute atomic E-state index is 0.0477. The van der Waals surface area contributed by atoms with Gasteiger partial charge in [0.2, 0.25) is 0 Å². The third-order valence-corrected chi connectivity index (χ3v) is 4.43. The van der Waals surface area contributed by atoms with E-state index in [0.717, 1.165) is 29.4 Å². The Bertz CT molecular complexity index is 721. The number of fused-ring (bicyclic) bond motifs is 1. The summed E-state index contributed by atoms with van der Waals surface area (Å²) in [6, 6.07) is 7.75. The average Bonchev–Trinajstić information content (AvgIpc) is 2.88. The van der Waals surface area contributed by atoms with Crippen molar-refractivity contribution >= 4 is 6.03 Å². The van der Waals surface area contributed by atoms with E-state index in [1.54, 1.807) is 0 Å². The molecule has 0 saturated heterocycles. The number of nitrogens with one attached hydrogen (secondary N) is 1. The molecule has 1 aromatic heterocycles. The van der Waals surface area contributed by atoms with Crippen LogP contribution in [-0.4, -0.2) is 33.6 Å². The smallest absolute Gasteiger partial charge is 0.318 e. The van der Waals surface area contributed by atoms with E-state index in [4.69, 9.17) is 4.74 Å². The quantitative estimate of drug-likeness (QED) is 0.938. The number of rotatable bonds is 4. The van der Waals surface area contributed by atoms with E-state index in [2.05, 4.69) is 21.8 Å². The topological polar surface area (TPSA) is 59.4 Å². The van der Waals surface area contributed by atoms with Gasteiger partial charge in [-0.3, -0.25) is 0 Å². The van der Waals surface area contributed by atoms with Gasteiger partial charge in [-0.1, -0.05) is 12.1 Å². The summed E-state index contributed by atoms with van der Waals surface area (Å²) < 4.78 is 7.62. The number of carbonyl (C=O) groups excluding carboxylic acids is 1. The van der Waals surface area contributed by atoms with Crippen LogP contribution in [0, 0.1) is 13.8 Å². The normalized spacial score (nSPS) is 13.5. The molecule has 128 valence electrons. The Balaban J connectivity index is 1.56. The van der Waals surface area contributed by atoms with Gasteiger partial charge in [-0.25, -0.2) is 9.78 Å². The zero-order valence-corrected chi connectivity index (χ0v) is 14.5. The largest absolute Gasteiger partial charge is 0.494 e. The van der Waals surface area contributed by atoms with Gasteiger partial charge in [0.05, 0.1) is 18.8 Å². The highest BCUT2D eigenvalue weighted by molar-refractivity contribution is 5.74. The fourth-order valence-corrected chi connectivity index (χ4v) is 2.94. The van der Waals surface area contributed by atoms with Crippen LogP contribution in [0.25, 0.3) is 0 Å². The first-order valence-corrected chi connectivity index (χ1v) is 8.35. The molecule has 0 radical (unpaired) electrons. The molecular weight excluding hydrogens is 304 g/mol. The van der Waals surface area contributed by atoms with Crippen LogP contribution in [-0.2, 0) is 19.6 Å². The number of hydrogen-bond acceptors (Lipinski definition) is 3. The molecule has 6 nitrogen and oxygen atoms in total. The number of carbonyl (C=O) groups is 1. The molecular formula is C18H24N4O2. The Kier molecular flexibility index (Phi) is 4.74. The molecule has 1 aromatic carbocycles. The van der Waals surface area contributed by atoms with Gasteiger partial charge >= 0.3 is 6.03 Å². The van der Waals surface area contributed by atoms with Crippen molar-refractivity contribution < 1.29 is 9.53 Å². The van der Waals surface area contributed by atoms with Crippen molar-refractivity contribution in [1.29, 1.82) is 0 Å². The van der Waals surface area contributed by atoms with Gasteiger partial charge in [-0.2, -0.15) is 0 Å². The van der Waals surface area contributed by atoms with Gasteiger partial charge in [-0.15, -0.1) is 0 Å². The lowest BCUT2D eigenvalue weighted by molar-refractivity contribution is 0.181. The van der Waals surface area contributed by atoms with Crippen LogP contribution in [0.4, 0.5) is 4.79 Å². The molecule has 0 fully saturated rings. The minimum atomic E-state index is -0.0477. The Morgan fingerprint density at radius 2 is 2.00 bits per heavy atom. The highest BCUT2D eigenvalue weighted by Crippen LogP contribution is 2.17. The van der Waals surface area contributed by atoms with E-state index in [1.165, 1.54) is 5.69 Å². The first kappa shape index (κ1) is 16.4. The van der Waals surface area contributed by atoms with E-state index in [-0.39, 0.29) is 6.03 Å². The number of aryl methyl sites for hydroxylation is 1. The molecule has 0 unspecified atom stereocenters. The molecule has 24 heavy (non-hydrogen) atoms. The SMILES string of the molecule is CCOc1ccc(CNC(=O)N2CCn3c(nc(C)c3C)C2)cc1. The lowest BCUT2D eigenvalue weighted by Crippen LogP contribution is -2.44. The molecule has 2 aromatic rings. The highest BCUT2D eigenvalue weighted by Gasteiger charge is 2.23. The highest BCUT2D eigenvalue weighted by atomic mass is 16.5. The third-order valence-electron chi connectivity index (χ3n) is 4.43. The van der Waals surface area contributed by atoms with Crippen LogP contribution < -0.4 is 10.1 Å². The summed E-state index contributed by atoms with van der Waals surface area (Å²) >= 11 is 0. The fraction of sp³-hybridized carbons (Fsp3) is 0.444. The molecule has 1 aliphatic heterocycles. The van der Waals surface area contributed by atoms with Gasteiger partial charge in [0.25, 0.3) is 0 Å². The number of aromatic nitrogens is 2. The molecule has 0 aliphatic carbocycles. The number of amides is 2. The van der Waals surface area contributed by atoms with Crippen molar-refractivity contribution in [3.8, 4) is 5.75 Å². The van der Waals surface area contributed by atoms with Crippen molar-refractivity contribution in [1.82, 2.24) is 19.8 Å². The van der Waals surface area contributed by atoms with Crippen molar-refractivity contribution in [3.05, 3.63) is 47.0 Å². The molecule has 6 heteroatoms. The van der Waals surface area contributed by atoms with Crippen molar-refractivity contribution in [3.63, 3.8) is 0 Å². The Morgan fingerprint density at radius 1 is 1.25 bits per heavy atom. The predicted molar refractivity (Wildman–Crippen MR) is 92.0 cm³/mol. The lowest BCUT2D eigenvalue weighted by Gasteiger charge is -2.28. The molecule has 0 atom stereocenters. The van der Waals surface area contributed by atoms with Crippen molar-refractivity contribution in [2.75, 3.05) is 13.2 Å². The number of nitrogens with zero attached hydrogens (tertiary/aromatic N) is 3. The molecule has 1 aliphatic rings. The van der Waals surface area contributed by atoms with Gasteiger partial charge < -0.3 is 19.5 Å². The van der Waals surface area contributed by atoms with Crippen molar-refractivity contribution in [2.24, 2.45) is 0 Å². The predicted octanol–water partition coefficient (Wildman–Crippen LogP) is 2.62. The second-order valence-electron chi connectivity index (χ2n) is 6.01. The lowest BCUT2D eigenvalue weighted by atomic mass is 10.2. The molecule has 0 bridgehead atoms. The Hall–Kier alpha value is -2.50. The first-order chi connectivity index (χ1) is 11.6. The summed E-state index contributed by atoms with van der Waals surface area (Å²) in [7, 11) is 0. The van der Waals surface area contributed by atoms with E-state index in [9.17, 15) is 4.79 Å². The summed E-state index contributed by atoms with van der Waals surface area (Å²) in [6.07, 6.45) is 0.